The Balaban J connectivity index is 2.26. The number of aliphatic hydroxyl groups is 1. The van der Waals surface area contributed by atoms with Gasteiger partial charge in [0.1, 0.15) is 11.5 Å². The van der Waals surface area contributed by atoms with Crippen molar-refractivity contribution in [2.24, 2.45) is 0 Å². The van der Waals surface area contributed by atoms with Crippen LogP contribution in [-0.2, 0) is 6.42 Å². The van der Waals surface area contributed by atoms with Crippen LogP contribution in [0.25, 0.3) is 0 Å². The molecule has 20 heavy (non-hydrogen) atoms. The molecule has 0 bridgehead atoms. The third-order valence-electron chi connectivity index (χ3n) is 3.35. The highest BCUT2D eigenvalue weighted by molar-refractivity contribution is 5.41. The highest BCUT2D eigenvalue weighted by atomic mass is 16.5. The molecule has 2 aromatic rings. The van der Waals surface area contributed by atoms with Crippen LogP contribution in [0.4, 0.5) is 0 Å². The number of hydrogen-bond acceptors (Lipinski definition) is 3. The van der Waals surface area contributed by atoms with E-state index >= 15 is 0 Å². The van der Waals surface area contributed by atoms with Crippen LogP contribution in [0.2, 0.25) is 0 Å². The molecule has 0 radical (unpaired) electrons. The van der Waals surface area contributed by atoms with E-state index in [-0.39, 0.29) is 0 Å². The van der Waals surface area contributed by atoms with E-state index in [2.05, 4.69) is 0 Å². The number of ether oxygens (including phenoxy) is 2. The third-order valence-corrected chi connectivity index (χ3v) is 3.35. The summed E-state index contributed by atoms with van der Waals surface area (Å²) in [5, 5.41) is 10.5. The van der Waals surface area contributed by atoms with Crippen LogP contribution in [0.15, 0.2) is 42.5 Å². The molecule has 0 saturated carbocycles. The molecule has 0 aromatic heterocycles. The van der Waals surface area contributed by atoms with Crippen molar-refractivity contribution < 1.29 is 14.6 Å². The minimum atomic E-state index is -0.623. The lowest BCUT2D eigenvalue weighted by molar-refractivity contribution is 0.173. The van der Waals surface area contributed by atoms with Crippen molar-refractivity contribution in [1.29, 1.82) is 0 Å². The second-order valence-electron chi connectivity index (χ2n) is 4.78. The lowest BCUT2D eigenvalue weighted by Gasteiger charge is -2.17. The number of aryl methyl sites for hydroxylation is 1. The van der Waals surface area contributed by atoms with Crippen molar-refractivity contribution in [2.75, 3.05) is 14.2 Å². The van der Waals surface area contributed by atoms with Crippen LogP contribution < -0.4 is 9.47 Å². The van der Waals surface area contributed by atoms with E-state index in [9.17, 15) is 5.11 Å². The summed E-state index contributed by atoms with van der Waals surface area (Å²) in [6.45, 7) is 2.00. The molecular weight excluding hydrogens is 252 g/mol. The topological polar surface area (TPSA) is 38.7 Å². The molecule has 0 aliphatic rings. The molecule has 0 aliphatic heterocycles. The molecule has 106 valence electrons. The van der Waals surface area contributed by atoms with Crippen molar-refractivity contribution >= 4 is 0 Å². The zero-order chi connectivity index (χ0) is 14.5. The molecular formula is C17H20O3. The minimum Gasteiger partial charge on any atom is -0.496 e. The maximum absolute atomic E-state index is 10.5. The summed E-state index contributed by atoms with van der Waals surface area (Å²) < 4.78 is 10.7. The number of rotatable bonds is 5. The predicted octanol–water partition coefficient (Wildman–Crippen LogP) is 3.29. The van der Waals surface area contributed by atoms with E-state index in [1.807, 2.05) is 49.4 Å². The average molecular weight is 272 g/mol. The van der Waals surface area contributed by atoms with E-state index in [4.69, 9.17) is 9.47 Å². The van der Waals surface area contributed by atoms with Gasteiger partial charge in [-0.1, -0.05) is 30.3 Å². The largest absolute Gasteiger partial charge is 0.496 e. The molecule has 0 spiro atoms. The number of para-hydroxylation sites is 1. The highest BCUT2D eigenvalue weighted by Gasteiger charge is 2.15. The van der Waals surface area contributed by atoms with Crippen LogP contribution >= 0.6 is 0 Å². The molecule has 0 heterocycles. The van der Waals surface area contributed by atoms with Crippen molar-refractivity contribution in [2.45, 2.75) is 19.4 Å². The van der Waals surface area contributed by atoms with Crippen LogP contribution in [0.3, 0.4) is 0 Å². The Morgan fingerprint density at radius 3 is 2.40 bits per heavy atom. The van der Waals surface area contributed by atoms with Gasteiger partial charge in [0.25, 0.3) is 0 Å². The zero-order valence-electron chi connectivity index (χ0n) is 12.1. The van der Waals surface area contributed by atoms with Gasteiger partial charge in [-0.15, -0.1) is 0 Å². The van der Waals surface area contributed by atoms with Crippen molar-refractivity contribution in [3.8, 4) is 11.5 Å². The Kier molecular flexibility index (Phi) is 4.64. The SMILES string of the molecule is COc1ccccc1CC(O)c1ccc(C)cc1OC. The summed E-state index contributed by atoms with van der Waals surface area (Å²) in [5.74, 6) is 1.50. The fourth-order valence-corrected chi connectivity index (χ4v) is 2.28. The average Bonchev–Trinajstić information content (AvgIpc) is 2.47. The minimum absolute atomic E-state index is 0.490. The van der Waals surface area contributed by atoms with Gasteiger partial charge in [-0.2, -0.15) is 0 Å². The van der Waals surface area contributed by atoms with E-state index in [1.54, 1.807) is 14.2 Å². The van der Waals surface area contributed by atoms with Gasteiger partial charge in [0.15, 0.2) is 0 Å². The van der Waals surface area contributed by atoms with Crippen molar-refractivity contribution in [3.05, 3.63) is 59.2 Å². The lowest BCUT2D eigenvalue weighted by Crippen LogP contribution is -2.05. The number of benzene rings is 2. The summed E-state index contributed by atoms with van der Waals surface area (Å²) in [7, 11) is 3.26. The first-order valence-corrected chi connectivity index (χ1v) is 6.60. The van der Waals surface area contributed by atoms with Crippen LogP contribution in [0.5, 0.6) is 11.5 Å². The van der Waals surface area contributed by atoms with Gasteiger partial charge in [0.05, 0.1) is 20.3 Å². The summed E-state index contributed by atoms with van der Waals surface area (Å²) >= 11 is 0. The molecule has 1 unspecified atom stereocenters. The van der Waals surface area contributed by atoms with E-state index in [0.717, 1.165) is 22.4 Å². The maximum atomic E-state index is 10.5. The van der Waals surface area contributed by atoms with Gasteiger partial charge in [-0.05, 0) is 30.2 Å². The van der Waals surface area contributed by atoms with Crippen molar-refractivity contribution in [1.82, 2.24) is 0 Å². The fourth-order valence-electron chi connectivity index (χ4n) is 2.28. The molecule has 1 atom stereocenters. The Morgan fingerprint density at radius 1 is 1.00 bits per heavy atom. The number of aliphatic hydroxyl groups excluding tert-OH is 1. The second-order valence-corrected chi connectivity index (χ2v) is 4.78. The molecule has 0 aliphatic carbocycles. The second kappa shape index (κ2) is 6.44. The van der Waals surface area contributed by atoms with Gasteiger partial charge in [0.2, 0.25) is 0 Å². The highest BCUT2D eigenvalue weighted by Crippen LogP contribution is 2.30. The smallest absolute Gasteiger partial charge is 0.124 e. The van der Waals surface area contributed by atoms with Gasteiger partial charge in [-0.3, -0.25) is 0 Å². The van der Waals surface area contributed by atoms with E-state index in [1.165, 1.54) is 0 Å². The Hall–Kier alpha value is -2.00. The normalized spacial score (nSPS) is 12.0. The van der Waals surface area contributed by atoms with E-state index < -0.39 is 6.10 Å². The van der Waals surface area contributed by atoms with Crippen LogP contribution in [0, 0.1) is 6.92 Å². The zero-order valence-corrected chi connectivity index (χ0v) is 12.1. The lowest BCUT2D eigenvalue weighted by atomic mass is 9.99. The summed E-state index contributed by atoms with van der Waals surface area (Å²) in [6.07, 6.45) is -0.134. The monoisotopic (exact) mass is 272 g/mol. The molecule has 0 amide bonds. The number of hydrogen-bond donors (Lipinski definition) is 1. The molecule has 0 fully saturated rings. The van der Waals surface area contributed by atoms with Gasteiger partial charge in [-0.25, -0.2) is 0 Å². The molecule has 1 N–H and O–H groups in total. The molecule has 3 heteroatoms. The standard InChI is InChI=1S/C17H20O3/c1-12-8-9-14(17(10-12)20-3)15(18)11-13-6-4-5-7-16(13)19-2/h4-10,15,18H,11H2,1-3H3. The van der Waals surface area contributed by atoms with E-state index in [0.29, 0.717) is 12.2 Å². The first kappa shape index (κ1) is 14.4. The molecule has 3 nitrogen and oxygen atoms in total. The predicted molar refractivity (Wildman–Crippen MR) is 79.4 cm³/mol. The fraction of sp³-hybridized carbons (Fsp3) is 0.294. The van der Waals surface area contributed by atoms with Gasteiger partial charge < -0.3 is 14.6 Å². The molecule has 2 aromatic carbocycles. The van der Waals surface area contributed by atoms with Crippen LogP contribution in [-0.4, -0.2) is 19.3 Å². The third kappa shape index (κ3) is 3.11. The van der Waals surface area contributed by atoms with Crippen molar-refractivity contribution in [3.63, 3.8) is 0 Å². The quantitative estimate of drug-likeness (QED) is 0.907. The first-order valence-electron chi connectivity index (χ1n) is 6.60. The summed E-state index contributed by atoms with van der Waals surface area (Å²) in [6, 6.07) is 13.5. The molecule has 2 rings (SSSR count). The number of methoxy groups -OCH3 is 2. The molecule has 0 saturated heterocycles. The van der Waals surface area contributed by atoms with Crippen LogP contribution in [0.1, 0.15) is 22.8 Å². The van der Waals surface area contributed by atoms with Gasteiger partial charge in [0, 0.05) is 12.0 Å². The Morgan fingerprint density at radius 2 is 1.70 bits per heavy atom. The maximum Gasteiger partial charge on any atom is 0.124 e. The summed E-state index contributed by atoms with van der Waals surface area (Å²) in [4.78, 5) is 0. The van der Waals surface area contributed by atoms with Gasteiger partial charge >= 0.3 is 0 Å². The Labute approximate surface area is 119 Å². The first-order chi connectivity index (χ1) is 9.65. The summed E-state index contributed by atoms with van der Waals surface area (Å²) in [5.41, 5.74) is 2.88. The Bertz CT molecular complexity index is 578.